The van der Waals surface area contributed by atoms with E-state index in [0.717, 1.165) is 54.7 Å². The zero-order valence-electron chi connectivity index (χ0n) is 12.5. The molecule has 21 heavy (non-hydrogen) atoms. The van der Waals surface area contributed by atoms with E-state index in [0.29, 0.717) is 0 Å². The van der Waals surface area contributed by atoms with Crippen molar-refractivity contribution in [1.82, 2.24) is 15.3 Å². The molecular weight excluding hydrogens is 264 g/mol. The van der Waals surface area contributed by atoms with Gasteiger partial charge in [-0.05, 0) is 19.1 Å². The molecule has 0 unspecified atom stereocenters. The molecule has 2 aromatic rings. The quantitative estimate of drug-likeness (QED) is 0.932. The summed E-state index contributed by atoms with van der Waals surface area (Å²) in [5, 5.41) is 3.37. The van der Waals surface area contributed by atoms with Crippen molar-refractivity contribution in [2.75, 3.05) is 38.2 Å². The maximum atomic E-state index is 5.32. The fourth-order valence-corrected chi connectivity index (χ4v) is 2.58. The lowest BCUT2D eigenvalue weighted by atomic mass is 10.1. The Balaban J connectivity index is 2.04. The first kappa shape index (κ1) is 13.8. The van der Waals surface area contributed by atoms with Crippen molar-refractivity contribution in [2.24, 2.45) is 0 Å². The number of methoxy groups -OCH3 is 1. The highest BCUT2D eigenvalue weighted by atomic mass is 16.5. The van der Waals surface area contributed by atoms with Crippen LogP contribution in [0.4, 0.5) is 5.69 Å². The number of piperazine rings is 1. The van der Waals surface area contributed by atoms with Gasteiger partial charge in [0.1, 0.15) is 11.6 Å². The molecule has 5 heteroatoms. The molecule has 0 amide bonds. The van der Waals surface area contributed by atoms with Crippen molar-refractivity contribution < 1.29 is 4.74 Å². The number of hydrogen-bond donors (Lipinski definition) is 1. The fourth-order valence-electron chi connectivity index (χ4n) is 2.58. The van der Waals surface area contributed by atoms with E-state index >= 15 is 0 Å². The third-order valence-corrected chi connectivity index (χ3v) is 3.69. The first-order valence-corrected chi connectivity index (χ1v) is 7.21. The SMILES string of the molecule is COc1cccc(-c2nc(C)ncc2N2CCNCC2)c1. The van der Waals surface area contributed by atoms with Crippen molar-refractivity contribution in [3.05, 3.63) is 36.3 Å². The average molecular weight is 284 g/mol. The van der Waals surface area contributed by atoms with Crippen LogP contribution in [0.3, 0.4) is 0 Å². The van der Waals surface area contributed by atoms with Gasteiger partial charge in [0.05, 0.1) is 24.7 Å². The predicted molar refractivity (Wildman–Crippen MR) is 83.8 cm³/mol. The molecule has 0 spiro atoms. The molecular formula is C16H20N4O. The fraction of sp³-hybridized carbons (Fsp3) is 0.375. The van der Waals surface area contributed by atoms with Crippen LogP contribution >= 0.6 is 0 Å². The Labute approximate surface area is 125 Å². The highest BCUT2D eigenvalue weighted by molar-refractivity contribution is 5.75. The molecule has 0 bridgehead atoms. The number of hydrogen-bond acceptors (Lipinski definition) is 5. The lowest BCUT2D eigenvalue weighted by Crippen LogP contribution is -2.43. The van der Waals surface area contributed by atoms with Crippen LogP contribution in [0.15, 0.2) is 30.5 Å². The van der Waals surface area contributed by atoms with Gasteiger partial charge in [0.15, 0.2) is 0 Å². The van der Waals surface area contributed by atoms with Crippen LogP contribution in [-0.2, 0) is 0 Å². The van der Waals surface area contributed by atoms with Crippen LogP contribution in [0.25, 0.3) is 11.3 Å². The summed E-state index contributed by atoms with van der Waals surface area (Å²) < 4.78 is 5.32. The van der Waals surface area contributed by atoms with E-state index in [4.69, 9.17) is 4.74 Å². The molecule has 1 aromatic carbocycles. The molecule has 2 heterocycles. The minimum atomic E-state index is 0.784. The van der Waals surface area contributed by atoms with Crippen LogP contribution in [0.1, 0.15) is 5.82 Å². The van der Waals surface area contributed by atoms with Crippen LogP contribution in [0, 0.1) is 6.92 Å². The summed E-state index contributed by atoms with van der Waals surface area (Å²) in [7, 11) is 1.68. The molecule has 3 rings (SSSR count). The van der Waals surface area contributed by atoms with E-state index in [1.165, 1.54) is 0 Å². The van der Waals surface area contributed by atoms with Crippen molar-refractivity contribution in [3.8, 4) is 17.0 Å². The van der Waals surface area contributed by atoms with Crippen LogP contribution in [-0.4, -0.2) is 43.3 Å². The van der Waals surface area contributed by atoms with Gasteiger partial charge in [0.2, 0.25) is 0 Å². The third-order valence-electron chi connectivity index (χ3n) is 3.69. The Bertz CT molecular complexity index is 623. The Morgan fingerprint density at radius 3 is 2.81 bits per heavy atom. The summed E-state index contributed by atoms with van der Waals surface area (Å²) >= 11 is 0. The first-order valence-electron chi connectivity index (χ1n) is 7.21. The lowest BCUT2D eigenvalue weighted by molar-refractivity contribution is 0.415. The van der Waals surface area contributed by atoms with Crippen molar-refractivity contribution in [1.29, 1.82) is 0 Å². The second kappa shape index (κ2) is 6.10. The van der Waals surface area contributed by atoms with Crippen LogP contribution in [0.2, 0.25) is 0 Å². The number of aromatic nitrogens is 2. The molecule has 1 fully saturated rings. The molecule has 1 N–H and O–H groups in total. The largest absolute Gasteiger partial charge is 0.497 e. The summed E-state index contributed by atoms with van der Waals surface area (Å²) in [6, 6.07) is 8.03. The molecule has 0 atom stereocenters. The van der Waals surface area contributed by atoms with Gasteiger partial charge in [-0.2, -0.15) is 0 Å². The number of nitrogens with one attached hydrogen (secondary N) is 1. The highest BCUT2D eigenvalue weighted by Crippen LogP contribution is 2.30. The number of aryl methyl sites for hydroxylation is 1. The third kappa shape index (κ3) is 2.97. The smallest absolute Gasteiger partial charge is 0.126 e. The molecule has 1 aromatic heterocycles. The molecule has 0 radical (unpaired) electrons. The normalized spacial score (nSPS) is 15.0. The minimum absolute atomic E-state index is 0.784. The molecule has 0 saturated carbocycles. The Kier molecular flexibility index (Phi) is 4.01. The van der Waals surface area contributed by atoms with Crippen molar-refractivity contribution >= 4 is 5.69 Å². The number of anilines is 1. The molecule has 1 aliphatic rings. The van der Waals surface area contributed by atoms with E-state index in [1.54, 1.807) is 7.11 Å². The summed E-state index contributed by atoms with van der Waals surface area (Å²) in [4.78, 5) is 11.4. The molecule has 0 aliphatic carbocycles. The lowest BCUT2D eigenvalue weighted by Gasteiger charge is -2.30. The number of rotatable bonds is 3. The zero-order valence-corrected chi connectivity index (χ0v) is 12.5. The Hall–Kier alpha value is -2.14. The Morgan fingerprint density at radius 2 is 2.05 bits per heavy atom. The molecule has 1 saturated heterocycles. The zero-order chi connectivity index (χ0) is 14.7. The van der Waals surface area contributed by atoms with Gasteiger partial charge < -0.3 is 15.0 Å². The van der Waals surface area contributed by atoms with E-state index in [1.807, 2.05) is 31.3 Å². The molecule has 5 nitrogen and oxygen atoms in total. The highest BCUT2D eigenvalue weighted by Gasteiger charge is 2.17. The number of benzene rings is 1. The second-order valence-corrected chi connectivity index (χ2v) is 5.12. The van der Waals surface area contributed by atoms with E-state index in [2.05, 4.69) is 26.3 Å². The van der Waals surface area contributed by atoms with E-state index < -0.39 is 0 Å². The molecule has 1 aliphatic heterocycles. The standard InChI is InChI=1S/C16H20N4O/c1-12-18-11-15(20-8-6-17-7-9-20)16(19-12)13-4-3-5-14(10-13)21-2/h3-5,10-11,17H,6-9H2,1-2H3. The van der Waals surface area contributed by atoms with Crippen LogP contribution in [0.5, 0.6) is 5.75 Å². The minimum Gasteiger partial charge on any atom is -0.497 e. The van der Waals surface area contributed by atoms with Crippen molar-refractivity contribution in [3.63, 3.8) is 0 Å². The number of ether oxygens (including phenoxy) is 1. The molecule has 110 valence electrons. The predicted octanol–water partition coefficient (Wildman–Crippen LogP) is 1.87. The van der Waals surface area contributed by atoms with E-state index in [9.17, 15) is 0 Å². The maximum Gasteiger partial charge on any atom is 0.126 e. The summed E-state index contributed by atoms with van der Waals surface area (Å²) in [5.74, 6) is 1.63. The van der Waals surface area contributed by atoms with Gasteiger partial charge in [-0.3, -0.25) is 0 Å². The number of nitrogens with zero attached hydrogens (tertiary/aromatic N) is 3. The summed E-state index contributed by atoms with van der Waals surface area (Å²) in [5.41, 5.74) is 3.13. The van der Waals surface area contributed by atoms with Gasteiger partial charge >= 0.3 is 0 Å². The van der Waals surface area contributed by atoms with Gasteiger partial charge in [-0.1, -0.05) is 12.1 Å². The van der Waals surface area contributed by atoms with Gasteiger partial charge in [0, 0.05) is 31.7 Å². The average Bonchev–Trinajstić information content (AvgIpc) is 2.55. The second-order valence-electron chi connectivity index (χ2n) is 5.12. The van der Waals surface area contributed by atoms with Gasteiger partial charge in [-0.25, -0.2) is 9.97 Å². The topological polar surface area (TPSA) is 50.3 Å². The van der Waals surface area contributed by atoms with Crippen LogP contribution < -0.4 is 15.0 Å². The first-order chi connectivity index (χ1) is 10.3. The summed E-state index contributed by atoms with van der Waals surface area (Å²) in [6.07, 6.45) is 1.93. The monoisotopic (exact) mass is 284 g/mol. The summed E-state index contributed by atoms with van der Waals surface area (Å²) in [6.45, 7) is 5.86. The van der Waals surface area contributed by atoms with Gasteiger partial charge in [-0.15, -0.1) is 0 Å². The maximum absolute atomic E-state index is 5.32. The van der Waals surface area contributed by atoms with E-state index in [-0.39, 0.29) is 0 Å². The Morgan fingerprint density at radius 1 is 1.24 bits per heavy atom. The van der Waals surface area contributed by atoms with Crippen molar-refractivity contribution in [2.45, 2.75) is 6.92 Å². The van der Waals surface area contributed by atoms with Gasteiger partial charge in [0.25, 0.3) is 0 Å².